The first-order valence-electron chi connectivity index (χ1n) is 9.66. The number of benzene rings is 2. The normalized spacial score (nSPS) is 10.5. The van der Waals surface area contributed by atoms with Crippen LogP contribution in [0.3, 0.4) is 0 Å². The van der Waals surface area contributed by atoms with E-state index in [9.17, 15) is 9.59 Å². The molecule has 0 aliphatic rings. The minimum atomic E-state index is -0.582. The molecule has 0 spiro atoms. The molecule has 1 amide bonds. The summed E-state index contributed by atoms with van der Waals surface area (Å²) in [5.74, 6) is -0.937. The molecule has 0 unspecified atom stereocenters. The highest BCUT2D eigenvalue weighted by Gasteiger charge is 2.18. The first-order valence-corrected chi connectivity index (χ1v) is 9.66. The second kappa shape index (κ2) is 9.19. The Hall–Kier alpha value is -3.72. The smallest absolute Gasteiger partial charge is 0.339 e. The molecule has 1 heterocycles. The third-order valence-electron chi connectivity index (χ3n) is 4.91. The van der Waals surface area contributed by atoms with Crippen LogP contribution in [0.15, 0.2) is 48.5 Å². The molecule has 3 rings (SSSR count). The molecule has 2 aromatic carbocycles. The fourth-order valence-electron chi connectivity index (χ4n) is 3.24. The number of likely N-dealkylation sites (N-methyl/N-ethyl adjacent to an activating group) is 1. The number of nitrogens with zero attached hydrogens (tertiary/aromatic N) is 3. The molecule has 0 saturated carbocycles. The molecule has 1 aromatic heterocycles. The summed E-state index contributed by atoms with van der Waals surface area (Å²) in [5.41, 5.74) is 4.87. The summed E-state index contributed by atoms with van der Waals surface area (Å²) in [6.07, 6.45) is 0.227. The van der Waals surface area contributed by atoms with Crippen molar-refractivity contribution in [1.29, 1.82) is 5.26 Å². The van der Waals surface area contributed by atoms with Gasteiger partial charge in [-0.2, -0.15) is 5.26 Å². The molecule has 0 fully saturated rings. The topological polar surface area (TPSA) is 83.3 Å². The van der Waals surface area contributed by atoms with Crippen molar-refractivity contribution < 1.29 is 14.3 Å². The molecule has 3 aromatic rings. The van der Waals surface area contributed by atoms with Gasteiger partial charge in [0.25, 0.3) is 5.91 Å². The van der Waals surface area contributed by atoms with E-state index in [1.165, 1.54) is 4.90 Å². The van der Waals surface area contributed by atoms with Crippen molar-refractivity contribution in [3.8, 4) is 17.3 Å². The zero-order chi connectivity index (χ0) is 21.7. The van der Waals surface area contributed by atoms with E-state index in [2.05, 4.69) is 6.07 Å². The number of aromatic nitrogens is 1. The van der Waals surface area contributed by atoms with Gasteiger partial charge in [0.15, 0.2) is 6.61 Å². The number of amides is 1. The third-order valence-corrected chi connectivity index (χ3v) is 4.91. The summed E-state index contributed by atoms with van der Waals surface area (Å²) in [7, 11) is 1.58. The van der Waals surface area contributed by atoms with E-state index in [-0.39, 0.29) is 18.9 Å². The highest BCUT2D eigenvalue weighted by Crippen LogP contribution is 2.28. The van der Waals surface area contributed by atoms with Gasteiger partial charge in [-0.1, -0.05) is 42.0 Å². The van der Waals surface area contributed by atoms with Crippen molar-refractivity contribution >= 4 is 22.8 Å². The standard InChI is InChI=1S/C24H23N3O3/c1-16-9-10-18(17(2)13-16)22-14-20(19-7-4-5-8-21(19)26-22)24(29)30-15-23(28)27(3)12-6-11-25/h4-5,7-10,13-14H,6,12,15H2,1-3H3. The molecule has 30 heavy (non-hydrogen) atoms. The zero-order valence-corrected chi connectivity index (χ0v) is 17.3. The summed E-state index contributed by atoms with van der Waals surface area (Å²) >= 11 is 0. The van der Waals surface area contributed by atoms with E-state index >= 15 is 0 Å². The van der Waals surface area contributed by atoms with Gasteiger partial charge in [0.05, 0.1) is 29.3 Å². The highest BCUT2D eigenvalue weighted by molar-refractivity contribution is 6.05. The van der Waals surface area contributed by atoms with Crippen LogP contribution in [0.5, 0.6) is 0 Å². The molecule has 6 heteroatoms. The number of rotatable bonds is 6. The van der Waals surface area contributed by atoms with Crippen molar-refractivity contribution in [1.82, 2.24) is 9.88 Å². The van der Waals surface area contributed by atoms with E-state index in [1.807, 2.05) is 56.3 Å². The number of nitriles is 1. The molecule has 0 saturated heterocycles. The van der Waals surface area contributed by atoms with Crippen LogP contribution in [0.4, 0.5) is 0 Å². The third kappa shape index (κ3) is 4.64. The number of carbonyl (C=O) groups is 2. The van der Waals surface area contributed by atoms with Crippen molar-refractivity contribution in [3.63, 3.8) is 0 Å². The summed E-state index contributed by atoms with van der Waals surface area (Å²) in [4.78, 5) is 31.1. The first-order chi connectivity index (χ1) is 14.4. The first kappa shape index (κ1) is 21.0. The molecule has 0 N–H and O–H groups in total. The molecule has 0 atom stereocenters. The summed E-state index contributed by atoms with van der Waals surface area (Å²) in [6.45, 7) is 3.95. The lowest BCUT2D eigenvalue weighted by atomic mass is 9.99. The number of ether oxygens (including phenoxy) is 1. The molecule has 0 radical (unpaired) electrons. The molecule has 0 aliphatic carbocycles. The van der Waals surface area contributed by atoms with Crippen LogP contribution in [0.2, 0.25) is 0 Å². The van der Waals surface area contributed by atoms with Gasteiger partial charge in [0.2, 0.25) is 0 Å². The Bertz CT molecular complexity index is 1150. The minimum Gasteiger partial charge on any atom is -0.452 e. The Morgan fingerprint density at radius 3 is 2.63 bits per heavy atom. The number of pyridine rings is 1. The predicted molar refractivity (Wildman–Crippen MR) is 115 cm³/mol. The van der Waals surface area contributed by atoms with Gasteiger partial charge in [-0.3, -0.25) is 4.79 Å². The van der Waals surface area contributed by atoms with E-state index in [1.54, 1.807) is 13.1 Å². The van der Waals surface area contributed by atoms with Crippen LogP contribution in [0.25, 0.3) is 22.2 Å². The monoisotopic (exact) mass is 401 g/mol. The van der Waals surface area contributed by atoms with E-state index in [4.69, 9.17) is 15.0 Å². The number of fused-ring (bicyclic) bond motifs is 1. The highest BCUT2D eigenvalue weighted by atomic mass is 16.5. The Kier molecular flexibility index (Phi) is 6.43. The van der Waals surface area contributed by atoms with E-state index in [0.29, 0.717) is 28.7 Å². The molecule has 152 valence electrons. The van der Waals surface area contributed by atoms with Crippen LogP contribution < -0.4 is 0 Å². The van der Waals surface area contributed by atoms with Gasteiger partial charge in [0, 0.05) is 24.5 Å². The van der Waals surface area contributed by atoms with E-state index < -0.39 is 5.97 Å². The molecule has 6 nitrogen and oxygen atoms in total. The summed E-state index contributed by atoms with van der Waals surface area (Å²) < 4.78 is 5.30. The SMILES string of the molecule is Cc1ccc(-c2cc(C(=O)OCC(=O)N(C)CCC#N)c3ccccc3n2)c(C)c1. The average molecular weight is 401 g/mol. The summed E-state index contributed by atoms with van der Waals surface area (Å²) in [6, 6.07) is 17.1. The number of carbonyl (C=O) groups excluding carboxylic acids is 2. The number of aryl methyl sites for hydroxylation is 2. The summed E-state index contributed by atoms with van der Waals surface area (Å²) in [5, 5.41) is 9.31. The lowest BCUT2D eigenvalue weighted by Gasteiger charge is -2.16. The zero-order valence-electron chi connectivity index (χ0n) is 17.3. The molecule has 0 bridgehead atoms. The van der Waals surface area contributed by atoms with Crippen LogP contribution >= 0.6 is 0 Å². The maximum atomic E-state index is 12.8. The van der Waals surface area contributed by atoms with Crippen LogP contribution in [-0.4, -0.2) is 42.0 Å². The Morgan fingerprint density at radius 2 is 1.90 bits per heavy atom. The van der Waals surface area contributed by atoms with E-state index in [0.717, 1.165) is 16.7 Å². The number of hydrogen-bond acceptors (Lipinski definition) is 5. The lowest BCUT2D eigenvalue weighted by Crippen LogP contribution is -2.32. The number of hydrogen-bond donors (Lipinski definition) is 0. The van der Waals surface area contributed by atoms with Gasteiger partial charge >= 0.3 is 5.97 Å². The van der Waals surface area contributed by atoms with Gasteiger partial charge in [0.1, 0.15) is 0 Å². The largest absolute Gasteiger partial charge is 0.452 e. The fraction of sp³-hybridized carbons (Fsp3) is 0.250. The molecular formula is C24H23N3O3. The Labute approximate surface area is 175 Å². The van der Waals surface area contributed by atoms with Crippen LogP contribution in [0, 0.1) is 25.2 Å². The van der Waals surface area contributed by atoms with Crippen molar-refractivity contribution in [2.24, 2.45) is 0 Å². The second-order valence-electron chi connectivity index (χ2n) is 7.19. The van der Waals surface area contributed by atoms with Crippen LogP contribution in [-0.2, 0) is 9.53 Å². The molecule has 0 aliphatic heterocycles. The minimum absolute atomic E-state index is 0.227. The van der Waals surface area contributed by atoms with Gasteiger partial charge in [-0.05, 0) is 31.5 Å². The van der Waals surface area contributed by atoms with Crippen molar-refractivity contribution in [2.45, 2.75) is 20.3 Å². The maximum absolute atomic E-state index is 12.8. The average Bonchev–Trinajstić information content (AvgIpc) is 2.74. The fourth-order valence-corrected chi connectivity index (χ4v) is 3.24. The molecular weight excluding hydrogens is 378 g/mol. The maximum Gasteiger partial charge on any atom is 0.339 e. The second-order valence-corrected chi connectivity index (χ2v) is 7.19. The van der Waals surface area contributed by atoms with Crippen molar-refractivity contribution in [3.05, 3.63) is 65.2 Å². The number of esters is 1. The van der Waals surface area contributed by atoms with Crippen molar-refractivity contribution in [2.75, 3.05) is 20.2 Å². The Morgan fingerprint density at radius 1 is 1.13 bits per heavy atom. The predicted octanol–water partition coefficient (Wildman–Crippen LogP) is 4.05. The van der Waals surface area contributed by atoms with Gasteiger partial charge in [-0.25, -0.2) is 9.78 Å². The Balaban J connectivity index is 1.92. The quantitative estimate of drug-likeness (QED) is 0.582. The lowest BCUT2D eigenvalue weighted by molar-refractivity contribution is -0.133. The van der Waals surface area contributed by atoms with Crippen LogP contribution in [0.1, 0.15) is 27.9 Å². The number of para-hydroxylation sites is 1. The van der Waals surface area contributed by atoms with Gasteiger partial charge < -0.3 is 9.64 Å². The van der Waals surface area contributed by atoms with Gasteiger partial charge in [-0.15, -0.1) is 0 Å².